The molecule has 2 aromatic carbocycles. The Labute approximate surface area is 195 Å². The average molecular weight is 456 g/mol. The van der Waals surface area contributed by atoms with Crippen LogP contribution in [0.25, 0.3) is 11.5 Å². The maximum Gasteiger partial charge on any atom is 0.356 e. The molecular weight excluding hydrogens is 436 g/mol. The number of pyridine rings is 1. The molecule has 1 aliphatic heterocycles. The Morgan fingerprint density at radius 1 is 1.00 bits per heavy atom. The SMILES string of the molecule is COC(=O)c1cccc(-c2cnc(C(=O)[C@@H]3COc4cc(Oc5ccccc5)ccc4C3)o2)n1. The van der Waals surface area contributed by atoms with Crippen LogP contribution in [0.15, 0.2) is 77.3 Å². The number of hydrogen-bond acceptors (Lipinski definition) is 8. The summed E-state index contributed by atoms with van der Waals surface area (Å²) in [6, 6.07) is 19.9. The zero-order valence-electron chi connectivity index (χ0n) is 18.3. The molecule has 5 rings (SSSR count). The van der Waals surface area contributed by atoms with Crippen LogP contribution >= 0.6 is 0 Å². The lowest BCUT2D eigenvalue weighted by Crippen LogP contribution is -2.28. The van der Waals surface area contributed by atoms with E-state index in [4.69, 9.17) is 18.6 Å². The first-order chi connectivity index (χ1) is 16.6. The molecule has 0 saturated heterocycles. The summed E-state index contributed by atoms with van der Waals surface area (Å²) in [7, 11) is 1.28. The Morgan fingerprint density at radius 2 is 1.85 bits per heavy atom. The Hall–Kier alpha value is -4.46. The molecule has 0 aliphatic carbocycles. The number of ether oxygens (including phenoxy) is 3. The number of nitrogens with zero attached hydrogens (tertiary/aromatic N) is 2. The smallest absolute Gasteiger partial charge is 0.356 e. The highest BCUT2D eigenvalue weighted by molar-refractivity contribution is 5.94. The van der Waals surface area contributed by atoms with Crippen molar-refractivity contribution in [1.29, 1.82) is 0 Å². The minimum Gasteiger partial charge on any atom is -0.492 e. The van der Waals surface area contributed by atoms with E-state index in [1.54, 1.807) is 12.1 Å². The second-order valence-corrected chi connectivity index (χ2v) is 7.69. The van der Waals surface area contributed by atoms with E-state index in [9.17, 15) is 9.59 Å². The lowest BCUT2D eigenvalue weighted by Gasteiger charge is -2.24. The summed E-state index contributed by atoms with van der Waals surface area (Å²) >= 11 is 0. The average Bonchev–Trinajstić information content (AvgIpc) is 3.38. The van der Waals surface area contributed by atoms with Crippen LogP contribution < -0.4 is 9.47 Å². The molecule has 0 saturated carbocycles. The van der Waals surface area contributed by atoms with Gasteiger partial charge in [0.1, 0.15) is 28.6 Å². The van der Waals surface area contributed by atoms with E-state index >= 15 is 0 Å². The highest BCUT2D eigenvalue weighted by atomic mass is 16.5. The monoisotopic (exact) mass is 456 g/mol. The molecule has 0 radical (unpaired) electrons. The topological polar surface area (TPSA) is 101 Å². The van der Waals surface area contributed by atoms with Crippen LogP contribution in [0.3, 0.4) is 0 Å². The van der Waals surface area contributed by atoms with Gasteiger partial charge in [0.15, 0.2) is 5.76 Å². The van der Waals surface area contributed by atoms with Gasteiger partial charge >= 0.3 is 5.97 Å². The predicted octanol–water partition coefficient (Wildman–Crippen LogP) is 4.75. The number of methoxy groups -OCH3 is 1. The van der Waals surface area contributed by atoms with Crippen molar-refractivity contribution in [2.24, 2.45) is 5.92 Å². The number of carbonyl (C=O) groups is 2. The highest BCUT2D eigenvalue weighted by Gasteiger charge is 2.30. The van der Waals surface area contributed by atoms with Gasteiger partial charge in [-0.3, -0.25) is 4.79 Å². The Bertz CT molecular complexity index is 1350. The van der Waals surface area contributed by atoms with Gasteiger partial charge in [-0.15, -0.1) is 0 Å². The normalized spacial score (nSPS) is 14.6. The van der Waals surface area contributed by atoms with Gasteiger partial charge < -0.3 is 18.6 Å². The highest BCUT2D eigenvalue weighted by Crippen LogP contribution is 2.34. The molecule has 1 atom stereocenters. The van der Waals surface area contributed by atoms with E-state index in [1.807, 2.05) is 48.5 Å². The van der Waals surface area contributed by atoms with Crippen molar-refractivity contribution >= 4 is 11.8 Å². The largest absolute Gasteiger partial charge is 0.492 e. The molecule has 8 heteroatoms. The second-order valence-electron chi connectivity index (χ2n) is 7.69. The standard InChI is InChI=1S/C26H20N2O6/c1-31-26(30)21-9-5-8-20(28-21)23-14-27-25(34-23)24(29)17-12-16-10-11-19(13-22(16)32-15-17)33-18-6-3-2-4-7-18/h2-11,13-14,17H,12,15H2,1H3/t17-/m0/s1. The fourth-order valence-electron chi connectivity index (χ4n) is 3.68. The Kier molecular flexibility index (Phi) is 5.78. The third-order valence-corrected chi connectivity index (χ3v) is 5.41. The molecule has 0 unspecified atom stereocenters. The van der Waals surface area contributed by atoms with Gasteiger partial charge in [-0.25, -0.2) is 14.8 Å². The van der Waals surface area contributed by atoms with Crippen molar-refractivity contribution in [3.05, 3.63) is 90.1 Å². The molecule has 0 amide bonds. The lowest BCUT2D eigenvalue weighted by atomic mass is 9.93. The third kappa shape index (κ3) is 4.38. The van der Waals surface area contributed by atoms with E-state index in [0.717, 1.165) is 11.3 Å². The van der Waals surface area contributed by atoms with E-state index in [-0.39, 0.29) is 29.7 Å². The van der Waals surface area contributed by atoms with Crippen LogP contribution in [-0.4, -0.2) is 35.4 Å². The fourth-order valence-corrected chi connectivity index (χ4v) is 3.68. The fraction of sp³-hybridized carbons (Fsp3) is 0.154. The first-order valence-electron chi connectivity index (χ1n) is 10.6. The number of oxazole rings is 1. The van der Waals surface area contributed by atoms with E-state index in [2.05, 4.69) is 9.97 Å². The van der Waals surface area contributed by atoms with Crippen molar-refractivity contribution in [3.8, 4) is 28.7 Å². The first-order valence-corrected chi connectivity index (χ1v) is 10.6. The summed E-state index contributed by atoms with van der Waals surface area (Å²) in [6.45, 7) is 0.203. The summed E-state index contributed by atoms with van der Waals surface area (Å²) in [5.41, 5.74) is 1.42. The number of rotatable bonds is 6. The third-order valence-electron chi connectivity index (χ3n) is 5.41. The number of ketones is 1. The van der Waals surface area contributed by atoms with Crippen LogP contribution in [0.1, 0.15) is 26.7 Å². The van der Waals surface area contributed by atoms with Crippen molar-refractivity contribution in [2.45, 2.75) is 6.42 Å². The molecule has 1 aliphatic rings. The Balaban J connectivity index is 1.29. The zero-order valence-corrected chi connectivity index (χ0v) is 18.3. The van der Waals surface area contributed by atoms with E-state index in [1.165, 1.54) is 19.4 Å². The molecule has 0 N–H and O–H groups in total. The van der Waals surface area contributed by atoms with Gasteiger partial charge in [0.25, 0.3) is 5.89 Å². The van der Waals surface area contributed by atoms with Gasteiger partial charge in [0.05, 0.1) is 25.8 Å². The number of hydrogen-bond donors (Lipinski definition) is 0. The van der Waals surface area contributed by atoms with Gasteiger partial charge in [0.2, 0.25) is 5.78 Å². The molecule has 34 heavy (non-hydrogen) atoms. The molecule has 0 bridgehead atoms. The summed E-state index contributed by atoms with van der Waals surface area (Å²) in [5, 5.41) is 0. The molecule has 0 spiro atoms. The van der Waals surface area contributed by atoms with Crippen LogP contribution in [-0.2, 0) is 11.2 Å². The molecule has 4 aromatic rings. The maximum atomic E-state index is 13.0. The van der Waals surface area contributed by atoms with Crippen molar-refractivity contribution in [1.82, 2.24) is 9.97 Å². The molecule has 3 heterocycles. The summed E-state index contributed by atoms with van der Waals surface area (Å²) < 4.78 is 22.1. The number of fused-ring (bicyclic) bond motifs is 1. The number of carbonyl (C=O) groups excluding carboxylic acids is 2. The molecule has 170 valence electrons. The minimum atomic E-state index is -0.562. The molecular formula is C26H20N2O6. The number of benzene rings is 2. The molecule has 2 aromatic heterocycles. The maximum absolute atomic E-state index is 13.0. The van der Waals surface area contributed by atoms with Crippen LogP contribution in [0.4, 0.5) is 0 Å². The van der Waals surface area contributed by atoms with E-state index < -0.39 is 11.9 Å². The number of aromatic nitrogens is 2. The van der Waals surface area contributed by atoms with Gasteiger partial charge in [-0.05, 0) is 42.3 Å². The quantitative estimate of drug-likeness (QED) is 0.303. The summed E-state index contributed by atoms with van der Waals surface area (Å²) in [4.78, 5) is 33.1. The van der Waals surface area contributed by atoms with Crippen LogP contribution in [0.2, 0.25) is 0 Å². The van der Waals surface area contributed by atoms with Gasteiger partial charge in [-0.2, -0.15) is 0 Å². The lowest BCUT2D eigenvalue weighted by molar-refractivity contribution is 0.0594. The Morgan fingerprint density at radius 3 is 2.68 bits per heavy atom. The first kappa shape index (κ1) is 21.4. The van der Waals surface area contributed by atoms with Crippen LogP contribution in [0.5, 0.6) is 17.2 Å². The summed E-state index contributed by atoms with van der Waals surface area (Å²) in [5.74, 6) is 1.09. The van der Waals surface area contributed by atoms with Gasteiger partial charge in [0, 0.05) is 6.07 Å². The van der Waals surface area contributed by atoms with Gasteiger partial charge in [-0.1, -0.05) is 30.3 Å². The van der Waals surface area contributed by atoms with Crippen molar-refractivity contribution in [3.63, 3.8) is 0 Å². The molecule has 0 fully saturated rings. The van der Waals surface area contributed by atoms with E-state index in [0.29, 0.717) is 23.6 Å². The number of para-hydroxylation sites is 1. The zero-order chi connectivity index (χ0) is 23.5. The van der Waals surface area contributed by atoms with Crippen molar-refractivity contribution in [2.75, 3.05) is 13.7 Å². The predicted molar refractivity (Wildman–Crippen MR) is 121 cm³/mol. The molecule has 8 nitrogen and oxygen atoms in total. The summed E-state index contributed by atoms with van der Waals surface area (Å²) in [6.07, 6.45) is 1.91. The number of esters is 1. The minimum absolute atomic E-state index is 0.0265. The second kappa shape index (κ2) is 9.19. The van der Waals surface area contributed by atoms with Crippen LogP contribution in [0, 0.1) is 5.92 Å². The number of Topliss-reactive ketones (excluding diaryl/α,β-unsaturated/α-hetero) is 1. The van der Waals surface area contributed by atoms with Crippen molar-refractivity contribution < 1.29 is 28.2 Å².